The highest BCUT2D eigenvalue weighted by atomic mass is 35.5. The molecule has 1 aliphatic carbocycles. The lowest BCUT2D eigenvalue weighted by Gasteiger charge is -2.10. The summed E-state index contributed by atoms with van der Waals surface area (Å²) in [5.41, 5.74) is 0. The summed E-state index contributed by atoms with van der Waals surface area (Å²) < 4.78 is 5.76. The van der Waals surface area contributed by atoms with Gasteiger partial charge in [-0.3, -0.25) is 0 Å². The molecule has 16 heavy (non-hydrogen) atoms. The monoisotopic (exact) mass is 259 g/mol. The van der Waals surface area contributed by atoms with E-state index in [1.165, 1.54) is 30.6 Å². The molecule has 0 aliphatic heterocycles. The number of halogens is 1. The van der Waals surface area contributed by atoms with Crippen molar-refractivity contribution in [1.29, 1.82) is 0 Å². The quantitative estimate of drug-likeness (QED) is 0.790. The standard InChI is InChI=1S/C12H18ClNOS/c13-10-7-12(16-9-10)8-14-5-6-15-11-3-1-2-4-11/h7,9,11,14H,1-6,8H2. The molecule has 1 heterocycles. The van der Waals surface area contributed by atoms with E-state index in [0.29, 0.717) is 6.10 Å². The minimum atomic E-state index is 0.526. The molecule has 0 unspecified atom stereocenters. The van der Waals surface area contributed by atoms with Crippen LogP contribution in [-0.4, -0.2) is 19.3 Å². The van der Waals surface area contributed by atoms with Gasteiger partial charge < -0.3 is 10.1 Å². The average Bonchev–Trinajstić information content (AvgIpc) is 2.89. The Bertz CT molecular complexity index is 310. The number of rotatable bonds is 6. The summed E-state index contributed by atoms with van der Waals surface area (Å²) in [6.07, 6.45) is 5.71. The molecule has 1 N–H and O–H groups in total. The predicted molar refractivity (Wildman–Crippen MR) is 69.2 cm³/mol. The molecule has 1 aromatic rings. The first kappa shape index (κ1) is 12.4. The maximum absolute atomic E-state index is 5.84. The number of hydrogen-bond acceptors (Lipinski definition) is 3. The lowest BCUT2D eigenvalue weighted by molar-refractivity contribution is 0.0603. The molecule has 0 aromatic carbocycles. The summed E-state index contributed by atoms with van der Waals surface area (Å²) in [6.45, 7) is 2.64. The van der Waals surface area contributed by atoms with E-state index in [1.54, 1.807) is 11.3 Å². The second-order valence-electron chi connectivity index (χ2n) is 4.19. The van der Waals surface area contributed by atoms with Gasteiger partial charge in [-0.1, -0.05) is 24.4 Å². The number of thiophene rings is 1. The Balaban J connectivity index is 1.51. The molecule has 0 radical (unpaired) electrons. The fraction of sp³-hybridized carbons (Fsp3) is 0.667. The zero-order valence-corrected chi connectivity index (χ0v) is 10.9. The zero-order chi connectivity index (χ0) is 11.2. The second kappa shape index (κ2) is 6.60. The summed E-state index contributed by atoms with van der Waals surface area (Å²) in [4.78, 5) is 1.28. The molecule has 1 fully saturated rings. The predicted octanol–water partition coefficient (Wildman–Crippen LogP) is 3.45. The minimum absolute atomic E-state index is 0.526. The van der Waals surface area contributed by atoms with Crippen molar-refractivity contribution in [3.63, 3.8) is 0 Å². The van der Waals surface area contributed by atoms with Crippen LogP contribution in [0.25, 0.3) is 0 Å². The molecule has 0 spiro atoms. The van der Waals surface area contributed by atoms with Gasteiger partial charge in [0.2, 0.25) is 0 Å². The Hall–Kier alpha value is -0.0900. The Morgan fingerprint density at radius 2 is 2.25 bits per heavy atom. The molecular weight excluding hydrogens is 242 g/mol. The molecule has 4 heteroatoms. The van der Waals surface area contributed by atoms with Crippen LogP contribution < -0.4 is 5.32 Å². The molecule has 1 aromatic heterocycles. The Morgan fingerprint density at radius 1 is 1.44 bits per heavy atom. The van der Waals surface area contributed by atoms with Gasteiger partial charge in [-0.25, -0.2) is 0 Å². The van der Waals surface area contributed by atoms with E-state index in [-0.39, 0.29) is 0 Å². The SMILES string of the molecule is Clc1csc(CNCCOC2CCCC2)c1. The van der Waals surface area contributed by atoms with Crippen molar-refractivity contribution in [3.05, 3.63) is 21.3 Å². The van der Waals surface area contributed by atoms with E-state index in [0.717, 1.165) is 24.7 Å². The normalized spacial score (nSPS) is 17.1. The van der Waals surface area contributed by atoms with Crippen molar-refractivity contribution in [2.24, 2.45) is 0 Å². The van der Waals surface area contributed by atoms with E-state index >= 15 is 0 Å². The highest BCUT2D eigenvalue weighted by Gasteiger charge is 2.14. The van der Waals surface area contributed by atoms with Crippen molar-refractivity contribution in [2.45, 2.75) is 38.3 Å². The zero-order valence-electron chi connectivity index (χ0n) is 9.38. The fourth-order valence-corrected chi connectivity index (χ4v) is 3.05. The third-order valence-electron chi connectivity index (χ3n) is 2.86. The molecule has 0 amide bonds. The highest BCUT2D eigenvalue weighted by molar-refractivity contribution is 7.10. The third-order valence-corrected chi connectivity index (χ3v) is 4.14. The van der Waals surface area contributed by atoms with Crippen LogP contribution in [0.5, 0.6) is 0 Å². The van der Waals surface area contributed by atoms with Crippen molar-refractivity contribution in [1.82, 2.24) is 5.32 Å². The van der Waals surface area contributed by atoms with Crippen LogP contribution >= 0.6 is 22.9 Å². The topological polar surface area (TPSA) is 21.3 Å². The van der Waals surface area contributed by atoms with E-state index < -0.39 is 0 Å². The van der Waals surface area contributed by atoms with Crippen LogP contribution in [0.1, 0.15) is 30.6 Å². The molecular formula is C12H18ClNOS. The van der Waals surface area contributed by atoms with Crippen molar-refractivity contribution in [2.75, 3.05) is 13.2 Å². The van der Waals surface area contributed by atoms with Gasteiger partial charge in [0, 0.05) is 23.3 Å². The van der Waals surface area contributed by atoms with Crippen LogP contribution in [0.3, 0.4) is 0 Å². The first-order valence-corrected chi connectivity index (χ1v) is 7.15. The number of hydrogen-bond donors (Lipinski definition) is 1. The van der Waals surface area contributed by atoms with E-state index in [9.17, 15) is 0 Å². The van der Waals surface area contributed by atoms with Crippen LogP contribution in [0.2, 0.25) is 5.02 Å². The first-order valence-electron chi connectivity index (χ1n) is 5.90. The molecule has 1 saturated carbocycles. The molecule has 90 valence electrons. The number of ether oxygens (including phenoxy) is 1. The lowest BCUT2D eigenvalue weighted by atomic mass is 10.3. The van der Waals surface area contributed by atoms with Gasteiger partial charge in [0.15, 0.2) is 0 Å². The van der Waals surface area contributed by atoms with E-state index in [4.69, 9.17) is 16.3 Å². The van der Waals surface area contributed by atoms with Gasteiger partial charge in [0.05, 0.1) is 17.7 Å². The first-order chi connectivity index (χ1) is 7.84. The van der Waals surface area contributed by atoms with Gasteiger partial charge in [0.25, 0.3) is 0 Å². The Kier molecular flexibility index (Phi) is 5.10. The van der Waals surface area contributed by atoms with Crippen LogP contribution in [-0.2, 0) is 11.3 Å². The summed E-state index contributed by atoms with van der Waals surface area (Å²) >= 11 is 7.54. The van der Waals surface area contributed by atoms with Crippen molar-refractivity contribution >= 4 is 22.9 Å². The van der Waals surface area contributed by atoms with Gasteiger partial charge in [-0.2, -0.15) is 0 Å². The van der Waals surface area contributed by atoms with E-state index in [2.05, 4.69) is 5.32 Å². The van der Waals surface area contributed by atoms with Crippen molar-refractivity contribution < 1.29 is 4.74 Å². The maximum atomic E-state index is 5.84. The second-order valence-corrected chi connectivity index (χ2v) is 5.62. The smallest absolute Gasteiger partial charge is 0.0594 e. The Morgan fingerprint density at radius 3 is 2.94 bits per heavy atom. The van der Waals surface area contributed by atoms with Crippen LogP contribution in [0, 0.1) is 0 Å². The summed E-state index contributed by atoms with van der Waals surface area (Å²) in [6, 6.07) is 2.01. The highest BCUT2D eigenvalue weighted by Crippen LogP contribution is 2.20. The van der Waals surface area contributed by atoms with E-state index in [1.807, 2.05) is 11.4 Å². The summed E-state index contributed by atoms with van der Waals surface area (Å²) in [5.74, 6) is 0. The molecule has 0 saturated heterocycles. The summed E-state index contributed by atoms with van der Waals surface area (Å²) in [5, 5.41) is 6.17. The van der Waals surface area contributed by atoms with Gasteiger partial charge in [0.1, 0.15) is 0 Å². The third kappa shape index (κ3) is 4.06. The fourth-order valence-electron chi connectivity index (χ4n) is 2.01. The van der Waals surface area contributed by atoms with Crippen molar-refractivity contribution in [3.8, 4) is 0 Å². The number of nitrogens with one attached hydrogen (secondary N) is 1. The van der Waals surface area contributed by atoms with Crippen LogP contribution in [0.15, 0.2) is 11.4 Å². The molecule has 2 nitrogen and oxygen atoms in total. The van der Waals surface area contributed by atoms with Gasteiger partial charge in [-0.05, 0) is 18.9 Å². The largest absolute Gasteiger partial charge is 0.377 e. The van der Waals surface area contributed by atoms with Gasteiger partial charge >= 0.3 is 0 Å². The summed E-state index contributed by atoms with van der Waals surface area (Å²) in [7, 11) is 0. The Labute approximate surface area is 106 Å². The molecule has 2 rings (SSSR count). The lowest BCUT2D eigenvalue weighted by Crippen LogP contribution is -2.21. The van der Waals surface area contributed by atoms with Crippen LogP contribution in [0.4, 0.5) is 0 Å². The van der Waals surface area contributed by atoms with Gasteiger partial charge in [-0.15, -0.1) is 11.3 Å². The maximum Gasteiger partial charge on any atom is 0.0594 e. The molecule has 1 aliphatic rings. The average molecular weight is 260 g/mol. The minimum Gasteiger partial charge on any atom is -0.377 e. The molecule has 0 atom stereocenters. The molecule has 0 bridgehead atoms.